The van der Waals surface area contributed by atoms with Crippen LogP contribution in [0.4, 0.5) is 5.69 Å². The van der Waals surface area contributed by atoms with E-state index in [0.717, 1.165) is 27.3 Å². The van der Waals surface area contributed by atoms with E-state index in [1.165, 1.54) is 4.53 Å². The molecule has 0 spiro atoms. The number of nitrogens with one attached hydrogen (secondary N) is 1. The van der Waals surface area contributed by atoms with E-state index in [4.69, 9.17) is 4.99 Å². The molecule has 1 atom stereocenters. The fourth-order valence-corrected chi connectivity index (χ4v) is 4.64. The van der Waals surface area contributed by atoms with E-state index in [0.29, 0.717) is 5.65 Å². The van der Waals surface area contributed by atoms with Crippen LogP contribution in [0.3, 0.4) is 0 Å². The Morgan fingerprint density at radius 2 is 2.04 bits per heavy atom. The van der Waals surface area contributed by atoms with Gasteiger partial charge in [0, 0.05) is 17.6 Å². The smallest absolute Gasteiger partial charge is 0.181 e. The van der Waals surface area contributed by atoms with Crippen molar-refractivity contribution in [1.82, 2.24) is 19.9 Å². The van der Waals surface area contributed by atoms with E-state index in [1.807, 2.05) is 6.07 Å². The number of aromatic amines is 1. The SMILES string of the molecule is C1=c2sccc2=NC(CSc2ncnc3nc[nH]c23)N1c1ccccc1. The van der Waals surface area contributed by atoms with Gasteiger partial charge in [0.1, 0.15) is 23.0 Å². The minimum absolute atomic E-state index is 0.00237. The maximum atomic E-state index is 4.96. The lowest BCUT2D eigenvalue weighted by Crippen LogP contribution is -2.41. The summed E-state index contributed by atoms with van der Waals surface area (Å²) in [4.78, 5) is 23.1. The number of hydrogen-bond acceptors (Lipinski definition) is 7. The Morgan fingerprint density at radius 1 is 1.12 bits per heavy atom. The van der Waals surface area contributed by atoms with Gasteiger partial charge < -0.3 is 9.88 Å². The molecule has 1 unspecified atom stereocenters. The van der Waals surface area contributed by atoms with Gasteiger partial charge in [-0.25, -0.2) is 15.0 Å². The first kappa shape index (κ1) is 15.5. The van der Waals surface area contributed by atoms with E-state index in [2.05, 4.69) is 66.7 Å². The molecule has 4 heterocycles. The van der Waals surface area contributed by atoms with Crippen LogP contribution in [0, 0.1) is 0 Å². The van der Waals surface area contributed by atoms with Gasteiger partial charge in [-0.05, 0) is 23.6 Å². The van der Waals surface area contributed by atoms with Crippen molar-refractivity contribution in [3.05, 3.63) is 64.3 Å². The van der Waals surface area contributed by atoms with Crippen LogP contribution >= 0.6 is 23.1 Å². The Morgan fingerprint density at radius 3 is 2.96 bits per heavy atom. The molecule has 26 heavy (non-hydrogen) atoms. The van der Waals surface area contributed by atoms with Gasteiger partial charge >= 0.3 is 0 Å². The molecule has 1 aliphatic heterocycles. The fraction of sp³-hybridized carbons (Fsp3) is 0.111. The van der Waals surface area contributed by atoms with Gasteiger partial charge in [-0.15, -0.1) is 11.3 Å². The normalized spacial score (nSPS) is 16.2. The van der Waals surface area contributed by atoms with Crippen molar-refractivity contribution in [3.63, 3.8) is 0 Å². The highest BCUT2D eigenvalue weighted by molar-refractivity contribution is 7.99. The molecule has 1 aromatic carbocycles. The Kier molecular flexibility index (Phi) is 3.91. The molecule has 8 heteroatoms. The summed E-state index contributed by atoms with van der Waals surface area (Å²) in [7, 11) is 0. The molecule has 0 amide bonds. The number of aromatic nitrogens is 4. The summed E-state index contributed by atoms with van der Waals surface area (Å²) < 4.78 is 1.19. The van der Waals surface area contributed by atoms with Crippen LogP contribution in [-0.2, 0) is 0 Å². The van der Waals surface area contributed by atoms with Crippen LogP contribution < -0.4 is 14.8 Å². The van der Waals surface area contributed by atoms with Gasteiger partial charge in [0.2, 0.25) is 0 Å². The van der Waals surface area contributed by atoms with Crippen molar-refractivity contribution in [1.29, 1.82) is 0 Å². The lowest BCUT2D eigenvalue weighted by Gasteiger charge is -2.29. The number of nitrogens with zero attached hydrogens (tertiary/aromatic N) is 5. The molecular weight excluding hydrogens is 364 g/mol. The van der Waals surface area contributed by atoms with Crippen LogP contribution in [0.15, 0.2) is 64.5 Å². The number of hydrogen-bond donors (Lipinski definition) is 1. The summed E-state index contributed by atoms with van der Waals surface area (Å²) in [5.41, 5.74) is 2.70. The van der Waals surface area contributed by atoms with E-state index < -0.39 is 0 Å². The Hall–Kier alpha value is -2.71. The maximum absolute atomic E-state index is 4.96. The average molecular weight is 378 g/mol. The number of imidazole rings is 1. The highest BCUT2D eigenvalue weighted by Crippen LogP contribution is 2.27. The number of thioether (sulfide) groups is 1. The first-order valence-electron chi connectivity index (χ1n) is 8.12. The Labute approximate surface area is 157 Å². The molecule has 1 aliphatic rings. The zero-order valence-corrected chi connectivity index (χ0v) is 15.2. The van der Waals surface area contributed by atoms with Crippen molar-refractivity contribution in [3.8, 4) is 0 Å². The highest BCUT2D eigenvalue weighted by Gasteiger charge is 2.21. The molecular formula is C18H14N6S2. The van der Waals surface area contributed by atoms with Crippen LogP contribution in [0.5, 0.6) is 0 Å². The molecule has 0 saturated carbocycles. The van der Waals surface area contributed by atoms with Gasteiger partial charge in [-0.3, -0.25) is 4.99 Å². The number of fused-ring (bicyclic) bond motifs is 2. The van der Waals surface area contributed by atoms with E-state index in [1.54, 1.807) is 35.8 Å². The molecule has 0 saturated heterocycles. The molecule has 0 aliphatic carbocycles. The molecule has 6 nitrogen and oxygen atoms in total. The lowest BCUT2D eigenvalue weighted by molar-refractivity contribution is 0.742. The van der Waals surface area contributed by atoms with Crippen LogP contribution in [0.25, 0.3) is 17.4 Å². The molecule has 0 fully saturated rings. The zero-order chi connectivity index (χ0) is 17.3. The monoisotopic (exact) mass is 378 g/mol. The van der Waals surface area contributed by atoms with E-state index in [9.17, 15) is 0 Å². The Bertz CT molecular complexity index is 1170. The predicted molar refractivity (Wildman–Crippen MR) is 105 cm³/mol. The lowest BCUT2D eigenvalue weighted by atomic mass is 10.2. The molecule has 0 bridgehead atoms. The van der Waals surface area contributed by atoms with Crippen molar-refractivity contribution < 1.29 is 0 Å². The largest absolute Gasteiger partial charge is 0.341 e. The van der Waals surface area contributed by atoms with Gasteiger partial charge in [0.25, 0.3) is 0 Å². The minimum Gasteiger partial charge on any atom is -0.341 e. The zero-order valence-electron chi connectivity index (χ0n) is 13.6. The second-order valence-corrected chi connectivity index (χ2v) is 7.70. The number of para-hydroxylation sites is 1. The predicted octanol–water partition coefficient (Wildman–Crippen LogP) is 2.41. The summed E-state index contributed by atoms with van der Waals surface area (Å²) in [5, 5.41) is 4.04. The first-order valence-corrected chi connectivity index (χ1v) is 9.98. The number of benzene rings is 1. The number of H-pyrrole nitrogens is 1. The van der Waals surface area contributed by atoms with Crippen molar-refractivity contribution in [2.24, 2.45) is 4.99 Å². The van der Waals surface area contributed by atoms with Crippen LogP contribution in [0.1, 0.15) is 0 Å². The topological polar surface area (TPSA) is 70.1 Å². The molecule has 1 N–H and O–H groups in total. The quantitative estimate of drug-likeness (QED) is 0.436. The standard InChI is InChI=1S/C18H14N6S2/c1-2-4-12(5-3-1)24-8-14-13(6-7-25-14)23-15(24)9-26-18-16-17(20-10-19-16)21-11-22-18/h1-8,10-11,15H,9H2,(H,19,20,21,22). The third-order valence-corrected chi connectivity index (χ3v) is 6.04. The summed E-state index contributed by atoms with van der Waals surface area (Å²) in [6, 6.07) is 12.4. The molecule has 3 aromatic heterocycles. The maximum Gasteiger partial charge on any atom is 0.181 e. The minimum atomic E-state index is -0.00237. The number of anilines is 1. The number of rotatable bonds is 4. The van der Waals surface area contributed by atoms with E-state index >= 15 is 0 Å². The second kappa shape index (κ2) is 6.54. The van der Waals surface area contributed by atoms with Crippen molar-refractivity contribution in [2.75, 3.05) is 10.7 Å². The second-order valence-electron chi connectivity index (χ2n) is 5.74. The molecule has 4 aromatic rings. The fourth-order valence-electron chi connectivity index (χ4n) is 2.92. The number of thiophene rings is 1. The molecule has 5 rings (SSSR count). The highest BCUT2D eigenvalue weighted by atomic mass is 32.2. The molecule has 0 radical (unpaired) electrons. The summed E-state index contributed by atoms with van der Waals surface area (Å²) in [6.07, 6.45) is 5.40. The molecule has 128 valence electrons. The average Bonchev–Trinajstić information content (AvgIpc) is 3.35. The third-order valence-electron chi connectivity index (χ3n) is 4.15. The van der Waals surface area contributed by atoms with Gasteiger partial charge in [0.15, 0.2) is 5.65 Å². The Balaban J connectivity index is 1.49. The van der Waals surface area contributed by atoms with Crippen LogP contribution in [-0.4, -0.2) is 31.9 Å². The van der Waals surface area contributed by atoms with E-state index in [-0.39, 0.29) is 6.17 Å². The first-order chi connectivity index (χ1) is 12.9. The summed E-state index contributed by atoms with van der Waals surface area (Å²) >= 11 is 3.37. The summed E-state index contributed by atoms with van der Waals surface area (Å²) in [6.45, 7) is 0. The van der Waals surface area contributed by atoms with Crippen molar-refractivity contribution in [2.45, 2.75) is 11.2 Å². The van der Waals surface area contributed by atoms with Crippen LogP contribution in [0.2, 0.25) is 0 Å². The van der Waals surface area contributed by atoms with Gasteiger partial charge in [-0.1, -0.05) is 30.0 Å². The third kappa shape index (κ3) is 2.77. The summed E-state index contributed by atoms with van der Waals surface area (Å²) in [5.74, 6) is 0.770. The van der Waals surface area contributed by atoms with Gasteiger partial charge in [0.05, 0.1) is 16.2 Å². The van der Waals surface area contributed by atoms with Crippen molar-refractivity contribution >= 4 is 46.1 Å². The van der Waals surface area contributed by atoms with Gasteiger partial charge in [-0.2, -0.15) is 0 Å².